The number of morpholine rings is 1. The fourth-order valence-electron chi connectivity index (χ4n) is 3.96. The number of nitrogens with zero attached hydrogens (tertiary/aromatic N) is 3. The molecular formula is C18H26N4O3. The molecule has 0 radical (unpaired) electrons. The quantitative estimate of drug-likeness (QED) is 0.837. The molecule has 7 nitrogen and oxygen atoms in total. The first-order valence-electron chi connectivity index (χ1n) is 8.98. The first-order valence-corrected chi connectivity index (χ1v) is 8.98. The number of nitrogens with one attached hydrogen (secondary N) is 1. The van der Waals surface area contributed by atoms with Crippen LogP contribution in [0.25, 0.3) is 0 Å². The van der Waals surface area contributed by atoms with Gasteiger partial charge in [0, 0.05) is 37.1 Å². The standard InChI is InChI=1S/C18H26N4O3/c1-18(2,3)25-17(23)22-12-8-21(9-13(22)11-24-10-12)15-5-7-20-16-14(15)4-6-19-16/h5,7,12-13H,4,6,8-11H2,1-3H3,(H,19,20). The topological polar surface area (TPSA) is 66.9 Å². The lowest BCUT2D eigenvalue weighted by Gasteiger charge is -2.50. The van der Waals surface area contributed by atoms with E-state index in [1.165, 1.54) is 11.3 Å². The Bertz CT molecular complexity index is 659. The van der Waals surface area contributed by atoms with E-state index in [9.17, 15) is 4.79 Å². The lowest BCUT2D eigenvalue weighted by molar-refractivity contribution is -0.0665. The maximum Gasteiger partial charge on any atom is 0.411 e. The molecule has 0 saturated carbocycles. The molecule has 0 aliphatic carbocycles. The fourth-order valence-corrected chi connectivity index (χ4v) is 3.96. The Labute approximate surface area is 148 Å². The van der Waals surface area contributed by atoms with E-state index in [1.54, 1.807) is 0 Å². The molecule has 0 spiro atoms. The highest BCUT2D eigenvalue weighted by atomic mass is 16.6. The predicted molar refractivity (Wildman–Crippen MR) is 95.1 cm³/mol. The molecule has 2 atom stereocenters. The summed E-state index contributed by atoms with van der Waals surface area (Å²) >= 11 is 0. The number of carbonyl (C=O) groups is 1. The Kier molecular flexibility index (Phi) is 3.98. The molecule has 4 heterocycles. The maximum absolute atomic E-state index is 12.7. The second-order valence-corrected chi connectivity index (χ2v) is 7.97. The van der Waals surface area contributed by atoms with Crippen molar-refractivity contribution in [2.75, 3.05) is 43.1 Å². The highest BCUT2D eigenvalue weighted by Gasteiger charge is 2.43. The highest BCUT2D eigenvalue weighted by Crippen LogP contribution is 2.33. The number of pyridine rings is 1. The number of ether oxygens (including phenoxy) is 2. The maximum atomic E-state index is 12.7. The zero-order valence-corrected chi connectivity index (χ0v) is 15.1. The molecule has 2 fully saturated rings. The summed E-state index contributed by atoms with van der Waals surface area (Å²) in [5.74, 6) is 0.994. The van der Waals surface area contributed by atoms with Gasteiger partial charge in [0.1, 0.15) is 11.4 Å². The van der Waals surface area contributed by atoms with Gasteiger partial charge in [-0.25, -0.2) is 9.78 Å². The summed E-state index contributed by atoms with van der Waals surface area (Å²) in [4.78, 5) is 21.4. The molecule has 2 bridgehead atoms. The molecule has 3 aliphatic heterocycles. The molecule has 2 unspecified atom stereocenters. The number of carbonyl (C=O) groups excluding carboxylic acids is 1. The second-order valence-electron chi connectivity index (χ2n) is 7.97. The Morgan fingerprint density at radius 3 is 2.72 bits per heavy atom. The third-order valence-corrected chi connectivity index (χ3v) is 4.91. The summed E-state index contributed by atoms with van der Waals surface area (Å²) in [6.07, 6.45) is 2.63. The van der Waals surface area contributed by atoms with Crippen LogP contribution in [-0.2, 0) is 15.9 Å². The molecule has 0 aromatic carbocycles. The van der Waals surface area contributed by atoms with E-state index in [4.69, 9.17) is 9.47 Å². The Morgan fingerprint density at radius 2 is 2.04 bits per heavy atom. The number of anilines is 2. The van der Waals surface area contributed by atoms with Gasteiger partial charge in [-0.05, 0) is 33.3 Å². The van der Waals surface area contributed by atoms with Crippen LogP contribution >= 0.6 is 0 Å². The molecule has 2 saturated heterocycles. The Balaban J connectivity index is 1.56. The van der Waals surface area contributed by atoms with E-state index in [2.05, 4.69) is 21.3 Å². The minimum Gasteiger partial charge on any atom is -0.444 e. The average Bonchev–Trinajstić information content (AvgIpc) is 3.00. The SMILES string of the molecule is CC(C)(C)OC(=O)N1C2COCC1CN(c1ccnc3c1CCN3)C2. The van der Waals surface area contributed by atoms with Crippen molar-refractivity contribution in [2.45, 2.75) is 44.9 Å². The third-order valence-electron chi connectivity index (χ3n) is 4.91. The van der Waals surface area contributed by atoms with Crippen LogP contribution in [0.3, 0.4) is 0 Å². The van der Waals surface area contributed by atoms with Crippen LogP contribution in [0.1, 0.15) is 26.3 Å². The number of piperazine rings is 1. The van der Waals surface area contributed by atoms with Crippen LogP contribution < -0.4 is 10.2 Å². The molecule has 1 aromatic rings. The summed E-state index contributed by atoms with van der Waals surface area (Å²) in [5.41, 5.74) is 2.03. The van der Waals surface area contributed by atoms with Gasteiger partial charge in [-0.3, -0.25) is 4.90 Å². The third kappa shape index (κ3) is 3.13. The van der Waals surface area contributed by atoms with E-state index >= 15 is 0 Å². The number of hydrogen-bond donors (Lipinski definition) is 1. The van der Waals surface area contributed by atoms with Gasteiger partial charge in [0.2, 0.25) is 0 Å². The molecular weight excluding hydrogens is 320 g/mol. The molecule has 136 valence electrons. The largest absolute Gasteiger partial charge is 0.444 e. The normalized spacial score (nSPS) is 25.4. The van der Waals surface area contributed by atoms with Gasteiger partial charge >= 0.3 is 6.09 Å². The number of hydrogen-bond acceptors (Lipinski definition) is 6. The number of fused-ring (bicyclic) bond motifs is 3. The van der Waals surface area contributed by atoms with Crippen molar-refractivity contribution in [3.05, 3.63) is 17.8 Å². The molecule has 25 heavy (non-hydrogen) atoms. The minimum atomic E-state index is -0.485. The molecule has 3 aliphatic rings. The number of rotatable bonds is 1. The van der Waals surface area contributed by atoms with Gasteiger partial charge < -0.3 is 19.7 Å². The van der Waals surface area contributed by atoms with E-state index in [0.717, 1.165) is 31.9 Å². The van der Waals surface area contributed by atoms with E-state index in [1.807, 2.05) is 31.9 Å². The van der Waals surface area contributed by atoms with E-state index in [0.29, 0.717) is 13.2 Å². The van der Waals surface area contributed by atoms with Gasteiger partial charge in [-0.1, -0.05) is 0 Å². The summed E-state index contributed by atoms with van der Waals surface area (Å²) in [5, 5.41) is 3.34. The minimum absolute atomic E-state index is 0.0144. The first kappa shape index (κ1) is 16.4. The molecule has 1 N–H and O–H groups in total. The molecule has 1 aromatic heterocycles. The highest BCUT2D eigenvalue weighted by molar-refractivity contribution is 5.71. The van der Waals surface area contributed by atoms with Crippen molar-refractivity contribution in [1.29, 1.82) is 0 Å². The Hall–Kier alpha value is -2.02. The zero-order chi connectivity index (χ0) is 17.6. The number of aromatic nitrogens is 1. The van der Waals surface area contributed by atoms with Gasteiger partial charge in [0.05, 0.1) is 25.3 Å². The van der Waals surface area contributed by atoms with Crippen molar-refractivity contribution in [2.24, 2.45) is 0 Å². The van der Waals surface area contributed by atoms with E-state index in [-0.39, 0.29) is 18.2 Å². The average molecular weight is 346 g/mol. The van der Waals surface area contributed by atoms with Crippen molar-refractivity contribution >= 4 is 17.6 Å². The smallest absolute Gasteiger partial charge is 0.411 e. The van der Waals surface area contributed by atoms with Gasteiger partial charge in [-0.15, -0.1) is 0 Å². The molecule has 7 heteroatoms. The van der Waals surface area contributed by atoms with Gasteiger partial charge in [0.15, 0.2) is 0 Å². The van der Waals surface area contributed by atoms with Crippen molar-refractivity contribution in [3.8, 4) is 0 Å². The summed E-state index contributed by atoms with van der Waals surface area (Å²) in [6.45, 7) is 9.27. The van der Waals surface area contributed by atoms with Crippen molar-refractivity contribution < 1.29 is 14.3 Å². The van der Waals surface area contributed by atoms with Crippen molar-refractivity contribution in [1.82, 2.24) is 9.88 Å². The van der Waals surface area contributed by atoms with Crippen LogP contribution in [0.5, 0.6) is 0 Å². The summed E-state index contributed by atoms with van der Waals surface area (Å²) in [6, 6.07) is 2.12. The number of amides is 1. The first-order chi connectivity index (χ1) is 11.9. The monoisotopic (exact) mass is 346 g/mol. The van der Waals surface area contributed by atoms with E-state index < -0.39 is 5.60 Å². The predicted octanol–water partition coefficient (Wildman–Crippen LogP) is 1.87. The van der Waals surface area contributed by atoms with Crippen LogP contribution in [0.4, 0.5) is 16.3 Å². The van der Waals surface area contributed by atoms with Gasteiger partial charge in [-0.2, -0.15) is 0 Å². The second kappa shape index (κ2) is 6.05. The molecule has 4 rings (SSSR count). The van der Waals surface area contributed by atoms with Gasteiger partial charge in [0.25, 0.3) is 0 Å². The lowest BCUT2D eigenvalue weighted by atomic mass is 10.0. The van der Waals surface area contributed by atoms with Crippen LogP contribution in [-0.4, -0.2) is 66.5 Å². The summed E-state index contributed by atoms with van der Waals surface area (Å²) in [7, 11) is 0. The zero-order valence-electron chi connectivity index (χ0n) is 15.1. The molecule has 1 amide bonds. The summed E-state index contributed by atoms with van der Waals surface area (Å²) < 4.78 is 11.3. The van der Waals surface area contributed by atoms with Crippen LogP contribution in [0.2, 0.25) is 0 Å². The Morgan fingerprint density at radius 1 is 1.32 bits per heavy atom. The van der Waals surface area contributed by atoms with Crippen LogP contribution in [0, 0.1) is 0 Å². The van der Waals surface area contributed by atoms with Crippen molar-refractivity contribution in [3.63, 3.8) is 0 Å². The lowest BCUT2D eigenvalue weighted by Crippen LogP contribution is -2.66. The van der Waals surface area contributed by atoms with Crippen LogP contribution in [0.15, 0.2) is 12.3 Å². The fraction of sp³-hybridized carbons (Fsp3) is 0.667.